The average molecular weight is 372 g/mol. The van der Waals surface area contributed by atoms with Gasteiger partial charge in [-0.25, -0.2) is 0 Å². The largest absolute Gasteiger partial charge is 0.458 e. The van der Waals surface area contributed by atoms with Crippen molar-refractivity contribution in [3.05, 3.63) is 12.2 Å². The lowest BCUT2D eigenvalue weighted by Gasteiger charge is -2.61. The van der Waals surface area contributed by atoms with E-state index >= 15 is 0 Å². The third kappa shape index (κ3) is 2.16. The summed E-state index contributed by atoms with van der Waals surface area (Å²) < 4.78 is 6.14. The first kappa shape index (κ1) is 17.8. The lowest BCUT2D eigenvalue weighted by Crippen LogP contribution is -2.61. The molecule has 2 heterocycles. The van der Waals surface area contributed by atoms with E-state index in [1.165, 1.54) is 19.3 Å². The van der Waals surface area contributed by atoms with Gasteiger partial charge in [-0.2, -0.15) is 0 Å². The molecule has 5 aliphatic rings. The Hall–Kier alpha value is -1.32. The van der Waals surface area contributed by atoms with Gasteiger partial charge in [-0.05, 0) is 75.2 Å². The van der Waals surface area contributed by atoms with E-state index in [4.69, 9.17) is 4.74 Å². The smallest absolute Gasteiger partial charge is 0.306 e. The van der Waals surface area contributed by atoms with Crippen LogP contribution in [0.15, 0.2) is 12.2 Å². The van der Waals surface area contributed by atoms with Crippen LogP contribution in [0.25, 0.3) is 0 Å². The maximum atomic E-state index is 12.2. The number of rotatable bonds is 0. The molecular formula is C23H33NO3. The molecule has 1 amide bonds. The van der Waals surface area contributed by atoms with E-state index in [1.54, 1.807) is 0 Å². The van der Waals surface area contributed by atoms with Crippen LogP contribution in [0, 0.1) is 28.6 Å². The molecule has 4 fully saturated rings. The van der Waals surface area contributed by atoms with Crippen molar-refractivity contribution in [1.82, 2.24) is 4.90 Å². The number of likely N-dealkylation sites (N-methyl/N-ethyl adjacent to an activating group) is 1. The fraction of sp³-hybridized carbons (Fsp3) is 0.826. The highest BCUT2D eigenvalue weighted by Gasteiger charge is 2.66. The second-order valence-electron chi connectivity index (χ2n) is 10.4. The molecule has 3 aliphatic carbocycles. The predicted molar refractivity (Wildman–Crippen MR) is 103 cm³/mol. The molecule has 1 saturated heterocycles. The monoisotopic (exact) mass is 371 g/mol. The summed E-state index contributed by atoms with van der Waals surface area (Å²) in [6.45, 7) is 4.82. The van der Waals surface area contributed by atoms with Gasteiger partial charge in [0.25, 0.3) is 0 Å². The molecule has 0 radical (unpaired) electrons. The molecule has 3 saturated carbocycles. The van der Waals surface area contributed by atoms with Gasteiger partial charge < -0.3 is 9.64 Å². The number of nitrogens with zero attached hydrogens (tertiary/aromatic N) is 1. The van der Waals surface area contributed by atoms with Crippen molar-refractivity contribution in [3.63, 3.8) is 0 Å². The van der Waals surface area contributed by atoms with E-state index < -0.39 is 0 Å². The van der Waals surface area contributed by atoms with Crippen molar-refractivity contribution in [2.75, 3.05) is 7.05 Å². The molecule has 4 nitrogen and oxygen atoms in total. The average Bonchev–Trinajstić information content (AvgIpc) is 2.91. The Morgan fingerprint density at radius 2 is 1.81 bits per heavy atom. The third-order valence-corrected chi connectivity index (χ3v) is 9.69. The quantitative estimate of drug-likeness (QED) is 0.603. The van der Waals surface area contributed by atoms with Gasteiger partial charge in [-0.1, -0.05) is 19.9 Å². The van der Waals surface area contributed by atoms with Gasteiger partial charge in [0.15, 0.2) is 0 Å². The van der Waals surface area contributed by atoms with Crippen LogP contribution in [0.3, 0.4) is 0 Å². The molecule has 0 bridgehead atoms. The molecule has 4 unspecified atom stereocenters. The molecule has 0 aromatic carbocycles. The zero-order valence-corrected chi connectivity index (χ0v) is 17.0. The molecule has 0 N–H and O–H groups in total. The maximum Gasteiger partial charge on any atom is 0.306 e. The molecular weight excluding hydrogens is 338 g/mol. The second-order valence-corrected chi connectivity index (χ2v) is 10.4. The van der Waals surface area contributed by atoms with E-state index in [0.717, 1.165) is 32.1 Å². The van der Waals surface area contributed by atoms with E-state index in [9.17, 15) is 9.59 Å². The number of amides is 1. The topological polar surface area (TPSA) is 46.6 Å². The van der Waals surface area contributed by atoms with Crippen LogP contribution in [0.2, 0.25) is 0 Å². The number of hydrogen-bond acceptors (Lipinski definition) is 3. The minimum Gasteiger partial charge on any atom is -0.458 e. The molecule has 27 heavy (non-hydrogen) atoms. The highest BCUT2D eigenvalue weighted by atomic mass is 16.6. The van der Waals surface area contributed by atoms with Crippen LogP contribution in [-0.2, 0) is 14.3 Å². The Morgan fingerprint density at radius 1 is 1.04 bits per heavy atom. The predicted octanol–water partition coefficient (Wildman–Crippen LogP) is 4.09. The highest BCUT2D eigenvalue weighted by Crippen LogP contribution is 2.68. The van der Waals surface area contributed by atoms with Gasteiger partial charge in [-0.3, -0.25) is 9.59 Å². The van der Waals surface area contributed by atoms with Crippen molar-refractivity contribution in [2.45, 2.75) is 83.3 Å². The first-order valence-electron chi connectivity index (χ1n) is 11.0. The van der Waals surface area contributed by atoms with Gasteiger partial charge in [0.1, 0.15) is 5.60 Å². The first-order valence-corrected chi connectivity index (χ1v) is 11.0. The van der Waals surface area contributed by atoms with Crippen molar-refractivity contribution in [3.8, 4) is 0 Å². The number of ether oxygens (including phenoxy) is 1. The van der Waals surface area contributed by atoms with Crippen molar-refractivity contribution in [2.24, 2.45) is 28.6 Å². The fourth-order valence-electron chi connectivity index (χ4n) is 8.25. The molecule has 5 rings (SSSR count). The standard InChI is InChI=1S/C23H33NO3/c1-21-12-10-19(25)24(3)18(21)7-6-15-16(21)8-13-22(2)17(15)9-14-23(22)11-4-5-20(26)27-23/h10,12,15-18H,4-9,11,13-14H2,1-3H3/t15?,16?,17?,18?,21-,22+,23+/m1/s1. The summed E-state index contributed by atoms with van der Waals surface area (Å²) in [5, 5.41) is 0. The Morgan fingerprint density at radius 3 is 2.59 bits per heavy atom. The Bertz CT molecular complexity index is 716. The van der Waals surface area contributed by atoms with Crippen LogP contribution in [-0.4, -0.2) is 35.5 Å². The van der Waals surface area contributed by atoms with Gasteiger partial charge in [-0.15, -0.1) is 0 Å². The number of fused-ring (bicyclic) bond motifs is 6. The summed E-state index contributed by atoms with van der Waals surface area (Å²) in [4.78, 5) is 26.4. The SMILES string of the molecule is CN1C(=O)C=C[C@]2(C)C3CC[C@@]4(C)C(CC[C@@]45CCCC(=O)O5)C3CCC12. The van der Waals surface area contributed by atoms with Gasteiger partial charge in [0.2, 0.25) is 5.91 Å². The van der Waals surface area contributed by atoms with E-state index in [-0.39, 0.29) is 28.3 Å². The van der Waals surface area contributed by atoms with Gasteiger partial charge in [0.05, 0.1) is 0 Å². The lowest BCUT2D eigenvalue weighted by atomic mass is 9.47. The van der Waals surface area contributed by atoms with E-state index in [0.29, 0.717) is 30.2 Å². The minimum absolute atomic E-state index is 0.0243. The summed E-state index contributed by atoms with van der Waals surface area (Å²) >= 11 is 0. The van der Waals surface area contributed by atoms with Crippen LogP contribution < -0.4 is 0 Å². The van der Waals surface area contributed by atoms with Crippen LogP contribution >= 0.6 is 0 Å². The van der Waals surface area contributed by atoms with Crippen molar-refractivity contribution < 1.29 is 14.3 Å². The highest BCUT2D eigenvalue weighted by molar-refractivity contribution is 5.89. The molecule has 7 atom stereocenters. The minimum atomic E-state index is -0.203. The summed E-state index contributed by atoms with van der Waals surface area (Å²) in [7, 11) is 1.98. The van der Waals surface area contributed by atoms with Crippen LogP contribution in [0.1, 0.15) is 71.6 Å². The number of carbonyl (C=O) groups is 2. The molecule has 2 aliphatic heterocycles. The first-order chi connectivity index (χ1) is 12.8. The van der Waals surface area contributed by atoms with Crippen LogP contribution in [0.5, 0.6) is 0 Å². The summed E-state index contributed by atoms with van der Waals surface area (Å²) in [6.07, 6.45) is 13.6. The summed E-state index contributed by atoms with van der Waals surface area (Å²) in [5.41, 5.74) is 0.0182. The molecule has 0 aromatic rings. The normalized spacial score (nSPS) is 51.6. The fourth-order valence-corrected chi connectivity index (χ4v) is 8.25. The van der Waals surface area contributed by atoms with Gasteiger partial charge >= 0.3 is 5.97 Å². The Kier molecular flexibility index (Phi) is 3.69. The third-order valence-electron chi connectivity index (χ3n) is 9.69. The van der Waals surface area contributed by atoms with Gasteiger partial charge in [0, 0.05) is 30.3 Å². The Labute approximate surface area is 162 Å². The zero-order valence-electron chi connectivity index (χ0n) is 17.0. The molecule has 1 spiro atoms. The summed E-state index contributed by atoms with van der Waals surface area (Å²) in [5.74, 6) is 2.16. The van der Waals surface area contributed by atoms with E-state index in [1.807, 2.05) is 18.0 Å². The second kappa shape index (κ2) is 5.61. The van der Waals surface area contributed by atoms with E-state index in [2.05, 4.69) is 19.9 Å². The van der Waals surface area contributed by atoms with Crippen molar-refractivity contribution in [1.29, 1.82) is 0 Å². The maximum absolute atomic E-state index is 12.2. The number of esters is 1. The van der Waals surface area contributed by atoms with Crippen molar-refractivity contribution >= 4 is 11.9 Å². The Balaban J connectivity index is 1.48. The number of hydrogen-bond donors (Lipinski definition) is 0. The molecule has 4 heteroatoms. The molecule has 148 valence electrons. The molecule has 0 aromatic heterocycles. The number of carbonyl (C=O) groups excluding carboxylic acids is 2. The zero-order chi connectivity index (χ0) is 19.0. The lowest BCUT2D eigenvalue weighted by molar-refractivity contribution is -0.196. The van der Waals surface area contributed by atoms with Crippen LogP contribution in [0.4, 0.5) is 0 Å². The summed E-state index contributed by atoms with van der Waals surface area (Å²) in [6, 6.07) is 0.337.